The Bertz CT molecular complexity index is 546. The number of carbonyl (C=O) groups excluding carboxylic acids is 1. The standard InChI is InChI=1S/C14H16N2O4/c17-13-11-6-1-2-7-12(11)20-14(15-13)9-4-3-5-10(8-9)16(18)19/h3-5,8,11-12,14H,1-2,6-7H2,(H,15,17)/t11-,12+,14-/m1/s1. The second kappa shape index (κ2) is 5.20. The first-order chi connectivity index (χ1) is 9.65. The van der Waals surface area contributed by atoms with Crippen LogP contribution in [0.15, 0.2) is 24.3 Å². The number of carbonyl (C=O) groups is 1. The number of rotatable bonds is 2. The summed E-state index contributed by atoms with van der Waals surface area (Å²) < 4.78 is 5.93. The Balaban J connectivity index is 1.82. The molecular formula is C14H16N2O4. The Labute approximate surface area is 116 Å². The van der Waals surface area contributed by atoms with Gasteiger partial charge in [0.1, 0.15) is 0 Å². The number of non-ortho nitro benzene ring substituents is 1. The molecule has 20 heavy (non-hydrogen) atoms. The molecule has 1 aliphatic heterocycles. The van der Waals surface area contributed by atoms with E-state index in [1.807, 2.05) is 0 Å². The summed E-state index contributed by atoms with van der Waals surface area (Å²) in [7, 11) is 0. The predicted molar refractivity (Wildman–Crippen MR) is 70.8 cm³/mol. The van der Waals surface area contributed by atoms with Crippen LogP contribution < -0.4 is 5.32 Å². The largest absolute Gasteiger partial charge is 0.350 e. The second-order valence-corrected chi connectivity index (χ2v) is 5.31. The molecule has 1 heterocycles. The molecule has 0 spiro atoms. The van der Waals surface area contributed by atoms with Gasteiger partial charge in [-0.15, -0.1) is 0 Å². The third-order valence-electron chi connectivity index (χ3n) is 4.01. The molecule has 6 nitrogen and oxygen atoms in total. The fraction of sp³-hybridized carbons (Fsp3) is 0.500. The van der Waals surface area contributed by atoms with Gasteiger partial charge in [0, 0.05) is 17.7 Å². The highest BCUT2D eigenvalue weighted by Crippen LogP contribution is 2.35. The maximum Gasteiger partial charge on any atom is 0.269 e. The van der Waals surface area contributed by atoms with E-state index in [0.717, 1.165) is 25.7 Å². The summed E-state index contributed by atoms with van der Waals surface area (Å²) in [6.07, 6.45) is 3.21. The number of fused-ring (bicyclic) bond motifs is 1. The lowest BCUT2D eigenvalue weighted by molar-refractivity contribution is -0.385. The number of nitrogens with one attached hydrogen (secondary N) is 1. The Morgan fingerprint density at radius 3 is 2.90 bits per heavy atom. The van der Waals surface area contributed by atoms with Crippen molar-refractivity contribution in [3.8, 4) is 0 Å². The molecule has 1 aromatic carbocycles. The van der Waals surface area contributed by atoms with Gasteiger partial charge in [0.05, 0.1) is 16.9 Å². The summed E-state index contributed by atoms with van der Waals surface area (Å²) in [5.74, 6) is -0.0730. The molecule has 0 bridgehead atoms. The number of ether oxygens (including phenoxy) is 1. The normalized spacial score (nSPS) is 29.4. The maximum absolute atomic E-state index is 12.1. The molecule has 1 N–H and O–H groups in total. The van der Waals surface area contributed by atoms with E-state index in [4.69, 9.17) is 4.74 Å². The Morgan fingerprint density at radius 1 is 1.30 bits per heavy atom. The molecule has 1 saturated heterocycles. The molecule has 0 unspecified atom stereocenters. The van der Waals surface area contributed by atoms with E-state index in [2.05, 4.69) is 5.32 Å². The molecule has 1 aromatic rings. The highest BCUT2D eigenvalue weighted by Gasteiger charge is 2.39. The smallest absolute Gasteiger partial charge is 0.269 e. The fourth-order valence-corrected chi connectivity index (χ4v) is 2.97. The summed E-state index contributed by atoms with van der Waals surface area (Å²) in [6, 6.07) is 6.22. The molecular weight excluding hydrogens is 260 g/mol. The minimum absolute atomic E-state index is 0.00236. The van der Waals surface area contributed by atoms with Crippen LogP contribution >= 0.6 is 0 Å². The van der Waals surface area contributed by atoms with Crippen molar-refractivity contribution in [2.24, 2.45) is 5.92 Å². The van der Waals surface area contributed by atoms with Gasteiger partial charge in [-0.25, -0.2) is 0 Å². The Morgan fingerprint density at radius 2 is 2.10 bits per heavy atom. The zero-order valence-electron chi connectivity index (χ0n) is 11.0. The highest BCUT2D eigenvalue weighted by molar-refractivity contribution is 5.80. The summed E-state index contributed by atoms with van der Waals surface area (Å²) >= 11 is 0. The average Bonchev–Trinajstić information content (AvgIpc) is 2.47. The first-order valence-corrected chi connectivity index (χ1v) is 6.85. The number of hydrogen-bond donors (Lipinski definition) is 1. The van der Waals surface area contributed by atoms with Gasteiger partial charge in [0.15, 0.2) is 6.23 Å². The lowest BCUT2D eigenvalue weighted by Gasteiger charge is -2.39. The van der Waals surface area contributed by atoms with E-state index in [9.17, 15) is 14.9 Å². The van der Waals surface area contributed by atoms with Crippen LogP contribution in [-0.4, -0.2) is 16.9 Å². The van der Waals surface area contributed by atoms with Crippen molar-refractivity contribution in [2.45, 2.75) is 38.0 Å². The van der Waals surface area contributed by atoms with Gasteiger partial charge in [0.25, 0.3) is 5.69 Å². The van der Waals surface area contributed by atoms with Gasteiger partial charge in [-0.05, 0) is 12.8 Å². The number of amides is 1. The molecule has 2 fully saturated rings. The number of nitrogens with zero attached hydrogens (tertiary/aromatic N) is 1. The van der Waals surface area contributed by atoms with Crippen LogP contribution in [0, 0.1) is 16.0 Å². The third-order valence-corrected chi connectivity index (χ3v) is 4.01. The van der Waals surface area contributed by atoms with E-state index in [0.29, 0.717) is 5.56 Å². The van der Waals surface area contributed by atoms with E-state index in [1.54, 1.807) is 12.1 Å². The molecule has 6 heteroatoms. The summed E-state index contributed by atoms with van der Waals surface area (Å²) in [4.78, 5) is 22.5. The number of nitro benzene ring substituents is 1. The quantitative estimate of drug-likeness (QED) is 0.663. The van der Waals surface area contributed by atoms with Crippen LogP contribution in [0.4, 0.5) is 5.69 Å². The zero-order valence-corrected chi connectivity index (χ0v) is 11.0. The van der Waals surface area contributed by atoms with E-state index >= 15 is 0 Å². The number of nitro groups is 1. The average molecular weight is 276 g/mol. The van der Waals surface area contributed by atoms with Crippen molar-refractivity contribution in [1.29, 1.82) is 0 Å². The molecule has 3 rings (SSSR count). The summed E-state index contributed by atoms with van der Waals surface area (Å²) in [5, 5.41) is 13.6. The summed E-state index contributed by atoms with van der Waals surface area (Å²) in [5.41, 5.74) is 0.627. The Hall–Kier alpha value is -1.95. The van der Waals surface area contributed by atoms with E-state index < -0.39 is 11.2 Å². The van der Waals surface area contributed by atoms with Crippen molar-refractivity contribution >= 4 is 11.6 Å². The van der Waals surface area contributed by atoms with Crippen LogP contribution in [0.2, 0.25) is 0 Å². The van der Waals surface area contributed by atoms with Crippen LogP contribution in [0.25, 0.3) is 0 Å². The zero-order chi connectivity index (χ0) is 14.1. The number of hydrogen-bond acceptors (Lipinski definition) is 4. The maximum atomic E-state index is 12.1. The van der Waals surface area contributed by atoms with Gasteiger partial charge in [0.2, 0.25) is 5.91 Å². The van der Waals surface area contributed by atoms with Crippen molar-refractivity contribution in [3.63, 3.8) is 0 Å². The molecule has 0 aromatic heterocycles. The first-order valence-electron chi connectivity index (χ1n) is 6.85. The van der Waals surface area contributed by atoms with Crippen LogP contribution in [0.1, 0.15) is 37.5 Å². The second-order valence-electron chi connectivity index (χ2n) is 5.31. The molecule has 3 atom stereocenters. The van der Waals surface area contributed by atoms with Crippen molar-refractivity contribution in [3.05, 3.63) is 39.9 Å². The highest BCUT2D eigenvalue weighted by atomic mass is 16.6. The number of benzene rings is 1. The topological polar surface area (TPSA) is 81.5 Å². The molecule has 0 radical (unpaired) electrons. The molecule has 2 aliphatic rings. The van der Waals surface area contributed by atoms with Crippen molar-refractivity contribution in [1.82, 2.24) is 5.32 Å². The minimum Gasteiger partial charge on any atom is -0.350 e. The predicted octanol–water partition coefficient (Wildman–Crippen LogP) is 2.30. The lowest BCUT2D eigenvalue weighted by Crippen LogP contribution is -2.49. The van der Waals surface area contributed by atoms with Crippen LogP contribution in [-0.2, 0) is 9.53 Å². The van der Waals surface area contributed by atoms with Gasteiger partial charge >= 0.3 is 0 Å². The van der Waals surface area contributed by atoms with Crippen molar-refractivity contribution in [2.75, 3.05) is 0 Å². The van der Waals surface area contributed by atoms with Crippen molar-refractivity contribution < 1.29 is 14.5 Å². The van der Waals surface area contributed by atoms with E-state index in [-0.39, 0.29) is 23.6 Å². The van der Waals surface area contributed by atoms with Gasteiger partial charge in [-0.3, -0.25) is 14.9 Å². The molecule has 1 saturated carbocycles. The Kier molecular flexibility index (Phi) is 3.40. The lowest BCUT2D eigenvalue weighted by atomic mass is 9.84. The molecule has 1 amide bonds. The molecule has 1 aliphatic carbocycles. The van der Waals surface area contributed by atoms with Gasteiger partial charge < -0.3 is 10.1 Å². The molecule has 106 valence electrons. The SMILES string of the molecule is O=C1N[C@@H](c2cccc([N+](=O)[O-])c2)O[C@H]2CCCC[C@@H]12. The van der Waals surface area contributed by atoms with Gasteiger partial charge in [-0.2, -0.15) is 0 Å². The van der Waals surface area contributed by atoms with Crippen LogP contribution in [0.5, 0.6) is 0 Å². The van der Waals surface area contributed by atoms with Crippen LogP contribution in [0.3, 0.4) is 0 Å². The summed E-state index contributed by atoms with van der Waals surface area (Å²) in [6.45, 7) is 0. The monoisotopic (exact) mass is 276 g/mol. The first kappa shape index (κ1) is 13.1. The third kappa shape index (κ3) is 2.38. The fourth-order valence-electron chi connectivity index (χ4n) is 2.97. The minimum atomic E-state index is -0.582. The van der Waals surface area contributed by atoms with Gasteiger partial charge in [-0.1, -0.05) is 25.0 Å². The van der Waals surface area contributed by atoms with E-state index in [1.165, 1.54) is 12.1 Å².